The maximum absolute atomic E-state index is 11.0. The molecule has 0 atom stereocenters. The molecule has 0 radical (unpaired) electrons. The molecule has 3 nitrogen and oxygen atoms in total. The number of amides is 2. The van der Waals surface area contributed by atoms with Crippen LogP contribution in [0.15, 0.2) is 0 Å². The summed E-state index contributed by atoms with van der Waals surface area (Å²) in [5, 5.41) is 2.31. The number of hydrogen-bond donors (Lipinski definition) is 1. The van der Waals surface area contributed by atoms with Crippen LogP contribution in [0, 0.1) is 5.41 Å². The molecule has 0 aromatic rings. The highest BCUT2D eigenvalue weighted by Gasteiger charge is 2.34. The molecule has 0 saturated carbocycles. The summed E-state index contributed by atoms with van der Waals surface area (Å²) in [6, 6.07) is 0. The minimum absolute atomic E-state index is 0.0891. The summed E-state index contributed by atoms with van der Waals surface area (Å²) in [7, 11) is 0. The third-order valence-corrected chi connectivity index (χ3v) is 2.31. The van der Waals surface area contributed by atoms with E-state index < -0.39 is 0 Å². The van der Waals surface area contributed by atoms with Gasteiger partial charge in [0.05, 0.1) is 0 Å². The fraction of sp³-hybridized carbons (Fsp3) is 0.778. The van der Waals surface area contributed by atoms with Crippen LogP contribution in [0.4, 0.5) is 0 Å². The van der Waals surface area contributed by atoms with Crippen LogP contribution in [0.25, 0.3) is 0 Å². The van der Waals surface area contributed by atoms with Crippen molar-refractivity contribution in [2.45, 2.75) is 39.5 Å². The summed E-state index contributed by atoms with van der Waals surface area (Å²) >= 11 is 0. The molecule has 1 aliphatic heterocycles. The highest BCUT2D eigenvalue weighted by molar-refractivity contribution is 5.98. The zero-order chi connectivity index (χ0) is 9.19. The lowest BCUT2D eigenvalue weighted by Crippen LogP contribution is -2.43. The van der Waals surface area contributed by atoms with Crippen LogP contribution in [-0.4, -0.2) is 11.8 Å². The van der Waals surface area contributed by atoms with E-state index >= 15 is 0 Å². The summed E-state index contributed by atoms with van der Waals surface area (Å²) < 4.78 is 0. The summed E-state index contributed by atoms with van der Waals surface area (Å²) in [4.78, 5) is 22.1. The van der Waals surface area contributed by atoms with Crippen molar-refractivity contribution in [2.75, 3.05) is 0 Å². The van der Waals surface area contributed by atoms with Crippen molar-refractivity contribution < 1.29 is 9.59 Å². The SMILES string of the molecule is CCCC1(C)CC(=O)NC(=O)C1. The number of carbonyl (C=O) groups is 2. The molecule has 0 unspecified atom stereocenters. The molecule has 2 amide bonds. The third-order valence-electron chi connectivity index (χ3n) is 2.31. The minimum Gasteiger partial charge on any atom is -0.296 e. The van der Waals surface area contributed by atoms with Crippen LogP contribution in [0.1, 0.15) is 39.5 Å². The Morgan fingerprint density at radius 3 is 2.25 bits per heavy atom. The summed E-state index contributed by atoms with van der Waals surface area (Å²) in [5.74, 6) is -0.246. The van der Waals surface area contributed by atoms with Gasteiger partial charge in [0.1, 0.15) is 0 Å². The molecule has 3 heteroatoms. The van der Waals surface area contributed by atoms with Gasteiger partial charge in [-0.25, -0.2) is 0 Å². The fourth-order valence-electron chi connectivity index (χ4n) is 1.86. The Labute approximate surface area is 72.5 Å². The second-order valence-electron chi connectivity index (χ2n) is 3.89. The van der Waals surface area contributed by atoms with Crippen LogP contribution in [0.2, 0.25) is 0 Å². The van der Waals surface area contributed by atoms with Crippen molar-refractivity contribution in [2.24, 2.45) is 5.41 Å². The minimum atomic E-state index is -0.123. The van der Waals surface area contributed by atoms with Crippen LogP contribution < -0.4 is 5.32 Å². The van der Waals surface area contributed by atoms with Gasteiger partial charge in [-0.3, -0.25) is 14.9 Å². The molecule has 1 fully saturated rings. The van der Waals surface area contributed by atoms with E-state index in [0.717, 1.165) is 12.8 Å². The number of piperidine rings is 1. The predicted molar refractivity (Wildman–Crippen MR) is 45.4 cm³/mol. The summed E-state index contributed by atoms with van der Waals surface area (Å²) in [6.07, 6.45) is 2.96. The largest absolute Gasteiger partial charge is 0.296 e. The van der Waals surface area contributed by atoms with Crippen molar-refractivity contribution in [3.8, 4) is 0 Å². The van der Waals surface area contributed by atoms with Crippen LogP contribution in [0.3, 0.4) is 0 Å². The first-order chi connectivity index (χ1) is 5.56. The lowest BCUT2D eigenvalue weighted by Gasteiger charge is -2.31. The molecule has 0 bridgehead atoms. The molecule has 1 saturated heterocycles. The average Bonchev–Trinajstić information content (AvgIpc) is 1.82. The van der Waals surface area contributed by atoms with E-state index in [1.807, 2.05) is 6.92 Å². The normalized spacial score (nSPS) is 22.2. The van der Waals surface area contributed by atoms with E-state index in [0.29, 0.717) is 12.8 Å². The summed E-state index contributed by atoms with van der Waals surface area (Å²) in [5.41, 5.74) is -0.0891. The average molecular weight is 169 g/mol. The lowest BCUT2D eigenvalue weighted by molar-refractivity contribution is -0.137. The number of hydrogen-bond acceptors (Lipinski definition) is 2. The maximum atomic E-state index is 11.0. The van der Waals surface area contributed by atoms with Gasteiger partial charge in [0, 0.05) is 12.8 Å². The van der Waals surface area contributed by atoms with Gasteiger partial charge >= 0.3 is 0 Å². The first kappa shape index (κ1) is 9.23. The zero-order valence-corrected chi connectivity index (χ0v) is 7.64. The number of imide groups is 1. The van der Waals surface area contributed by atoms with E-state index in [4.69, 9.17) is 0 Å². The quantitative estimate of drug-likeness (QED) is 0.632. The smallest absolute Gasteiger partial charge is 0.227 e. The third kappa shape index (κ3) is 2.06. The van der Waals surface area contributed by atoms with Gasteiger partial charge in [-0.05, 0) is 11.8 Å². The van der Waals surface area contributed by atoms with Gasteiger partial charge in [0.25, 0.3) is 0 Å². The number of rotatable bonds is 2. The molecule has 1 aliphatic rings. The molecule has 0 spiro atoms. The Morgan fingerprint density at radius 1 is 1.33 bits per heavy atom. The second kappa shape index (κ2) is 3.25. The topological polar surface area (TPSA) is 46.2 Å². The van der Waals surface area contributed by atoms with E-state index in [1.54, 1.807) is 0 Å². The molecular weight excluding hydrogens is 154 g/mol. The molecule has 68 valence electrons. The summed E-state index contributed by atoms with van der Waals surface area (Å²) in [6.45, 7) is 4.08. The van der Waals surface area contributed by atoms with Gasteiger partial charge in [0.2, 0.25) is 11.8 Å². The highest BCUT2D eigenvalue weighted by Crippen LogP contribution is 2.33. The first-order valence-corrected chi connectivity index (χ1v) is 4.38. The second-order valence-corrected chi connectivity index (χ2v) is 3.89. The molecule has 1 heterocycles. The molecule has 1 N–H and O–H groups in total. The molecule has 0 aromatic heterocycles. The van der Waals surface area contributed by atoms with Gasteiger partial charge in [0.15, 0.2) is 0 Å². The molecule has 0 aliphatic carbocycles. The van der Waals surface area contributed by atoms with E-state index in [9.17, 15) is 9.59 Å². The van der Waals surface area contributed by atoms with Crippen molar-refractivity contribution in [3.05, 3.63) is 0 Å². The Morgan fingerprint density at radius 2 is 1.83 bits per heavy atom. The van der Waals surface area contributed by atoms with E-state index in [2.05, 4.69) is 12.2 Å². The van der Waals surface area contributed by atoms with E-state index in [1.165, 1.54) is 0 Å². The van der Waals surface area contributed by atoms with Crippen LogP contribution in [0.5, 0.6) is 0 Å². The molecular formula is C9H15NO2. The Balaban J connectivity index is 2.64. The Hall–Kier alpha value is -0.860. The monoisotopic (exact) mass is 169 g/mol. The Bertz CT molecular complexity index is 195. The van der Waals surface area contributed by atoms with Crippen molar-refractivity contribution in [1.29, 1.82) is 0 Å². The molecule has 12 heavy (non-hydrogen) atoms. The zero-order valence-electron chi connectivity index (χ0n) is 7.64. The Kier molecular flexibility index (Phi) is 2.50. The van der Waals surface area contributed by atoms with Crippen LogP contribution in [-0.2, 0) is 9.59 Å². The van der Waals surface area contributed by atoms with Gasteiger partial charge < -0.3 is 0 Å². The number of nitrogens with one attached hydrogen (secondary N) is 1. The molecule has 1 rings (SSSR count). The van der Waals surface area contributed by atoms with Crippen LogP contribution >= 0.6 is 0 Å². The molecule has 0 aromatic carbocycles. The van der Waals surface area contributed by atoms with Crippen molar-refractivity contribution >= 4 is 11.8 Å². The number of carbonyl (C=O) groups excluding carboxylic acids is 2. The lowest BCUT2D eigenvalue weighted by atomic mass is 9.77. The predicted octanol–water partition coefficient (Wildman–Crippen LogP) is 1.23. The van der Waals surface area contributed by atoms with E-state index in [-0.39, 0.29) is 17.2 Å². The highest BCUT2D eigenvalue weighted by atomic mass is 16.2. The van der Waals surface area contributed by atoms with Crippen molar-refractivity contribution in [1.82, 2.24) is 5.32 Å². The van der Waals surface area contributed by atoms with Gasteiger partial charge in [-0.2, -0.15) is 0 Å². The van der Waals surface area contributed by atoms with Crippen molar-refractivity contribution in [3.63, 3.8) is 0 Å². The first-order valence-electron chi connectivity index (χ1n) is 4.38. The van der Waals surface area contributed by atoms with Gasteiger partial charge in [-0.15, -0.1) is 0 Å². The maximum Gasteiger partial charge on any atom is 0.227 e. The fourth-order valence-corrected chi connectivity index (χ4v) is 1.86. The van der Waals surface area contributed by atoms with Gasteiger partial charge in [-0.1, -0.05) is 20.3 Å². The standard InChI is InChI=1S/C9H15NO2/c1-3-4-9(2)5-7(11)10-8(12)6-9/h3-6H2,1-2H3,(H,10,11,12).